The molecule has 2 nitrogen and oxygen atoms in total. The summed E-state index contributed by atoms with van der Waals surface area (Å²) in [5.41, 5.74) is 0.833. The molecule has 0 aromatic heterocycles. The van der Waals surface area contributed by atoms with Crippen molar-refractivity contribution >= 4 is 22.6 Å². The number of β-amino-alcohol motifs (C(OH)–C–C–N with tert-alkyl or cyclic N) is 1. The molecule has 1 N–H and O–H groups in total. The molecule has 0 radical (unpaired) electrons. The molecule has 1 unspecified atom stereocenters. The predicted molar refractivity (Wildman–Crippen MR) is 74.3 cm³/mol. The van der Waals surface area contributed by atoms with Gasteiger partial charge in [-0.15, -0.1) is 0 Å². The molecule has 1 aliphatic heterocycles. The highest BCUT2D eigenvalue weighted by Gasteiger charge is 2.27. The summed E-state index contributed by atoms with van der Waals surface area (Å²) >= 11 is 2.32. The first-order valence-electron chi connectivity index (χ1n) is 5.74. The fraction of sp³-hybridized carbons (Fsp3) is 0.538. The molecule has 1 aromatic carbocycles. The maximum absolute atomic E-state index is 10.0. The summed E-state index contributed by atoms with van der Waals surface area (Å²) in [5, 5.41) is 10.0. The van der Waals surface area contributed by atoms with Crippen LogP contribution in [0.4, 0.5) is 0 Å². The topological polar surface area (TPSA) is 23.5 Å². The van der Waals surface area contributed by atoms with Crippen LogP contribution in [0.2, 0.25) is 0 Å². The number of hydrogen-bond donors (Lipinski definition) is 1. The van der Waals surface area contributed by atoms with E-state index in [2.05, 4.69) is 51.8 Å². The zero-order chi connectivity index (χ0) is 11.6. The summed E-state index contributed by atoms with van der Waals surface area (Å²) in [6.45, 7) is 4.78. The van der Waals surface area contributed by atoms with Crippen LogP contribution in [0.25, 0.3) is 0 Å². The Bertz CT molecular complexity index is 347. The molecule has 1 heterocycles. The fourth-order valence-corrected chi connectivity index (χ4v) is 2.67. The van der Waals surface area contributed by atoms with Crippen molar-refractivity contribution in [3.05, 3.63) is 33.4 Å². The zero-order valence-corrected chi connectivity index (χ0v) is 11.8. The van der Waals surface area contributed by atoms with Crippen LogP contribution in [-0.4, -0.2) is 28.7 Å². The van der Waals surface area contributed by atoms with E-state index in [9.17, 15) is 5.11 Å². The van der Waals surface area contributed by atoms with E-state index >= 15 is 0 Å². The van der Waals surface area contributed by atoms with Gasteiger partial charge in [0.05, 0.1) is 5.60 Å². The standard InChI is InChI=1S/C13H18INO/c1-13(16)7-2-8-15(10-13)9-11-3-5-12(14)6-4-11/h3-6,16H,2,7-10H2,1H3. The Kier molecular flexibility index (Phi) is 3.87. The second-order valence-electron chi connectivity index (χ2n) is 4.94. The van der Waals surface area contributed by atoms with Gasteiger partial charge in [-0.3, -0.25) is 4.90 Å². The number of rotatable bonds is 2. The lowest BCUT2D eigenvalue weighted by Gasteiger charge is -2.36. The van der Waals surface area contributed by atoms with Crippen LogP contribution in [0.5, 0.6) is 0 Å². The lowest BCUT2D eigenvalue weighted by molar-refractivity contribution is -0.0181. The Hall–Kier alpha value is -0.130. The van der Waals surface area contributed by atoms with Gasteiger partial charge in [0, 0.05) is 16.7 Å². The summed E-state index contributed by atoms with van der Waals surface area (Å²) in [5.74, 6) is 0. The minimum atomic E-state index is -0.499. The summed E-state index contributed by atoms with van der Waals surface area (Å²) < 4.78 is 1.27. The van der Waals surface area contributed by atoms with E-state index in [0.717, 1.165) is 32.5 Å². The molecule has 3 heteroatoms. The molecule has 88 valence electrons. The molecule has 2 rings (SSSR count). The van der Waals surface area contributed by atoms with Crippen molar-refractivity contribution in [3.63, 3.8) is 0 Å². The fourth-order valence-electron chi connectivity index (χ4n) is 2.31. The van der Waals surface area contributed by atoms with Gasteiger partial charge in [0.15, 0.2) is 0 Å². The van der Waals surface area contributed by atoms with Gasteiger partial charge in [-0.2, -0.15) is 0 Å². The molecule has 0 aliphatic carbocycles. The van der Waals surface area contributed by atoms with Crippen molar-refractivity contribution in [2.45, 2.75) is 31.9 Å². The molecular weight excluding hydrogens is 313 g/mol. The third-order valence-corrected chi connectivity index (χ3v) is 3.79. The number of benzene rings is 1. The summed E-state index contributed by atoms with van der Waals surface area (Å²) in [6, 6.07) is 8.62. The van der Waals surface area contributed by atoms with E-state index in [1.807, 2.05) is 6.92 Å². The largest absolute Gasteiger partial charge is 0.389 e. The highest BCUT2D eigenvalue weighted by molar-refractivity contribution is 14.1. The van der Waals surface area contributed by atoms with Crippen molar-refractivity contribution in [1.82, 2.24) is 4.90 Å². The quantitative estimate of drug-likeness (QED) is 0.843. The molecule has 1 fully saturated rings. The van der Waals surface area contributed by atoms with E-state index in [1.165, 1.54) is 9.13 Å². The molecule has 0 spiro atoms. The normalized spacial score (nSPS) is 26.9. The summed E-state index contributed by atoms with van der Waals surface area (Å²) in [6.07, 6.45) is 2.02. The van der Waals surface area contributed by atoms with Crippen LogP contribution in [-0.2, 0) is 6.54 Å². The first-order valence-corrected chi connectivity index (χ1v) is 6.82. The smallest absolute Gasteiger partial charge is 0.0746 e. The van der Waals surface area contributed by atoms with Crippen LogP contribution < -0.4 is 0 Å². The highest BCUT2D eigenvalue weighted by Crippen LogP contribution is 2.21. The monoisotopic (exact) mass is 331 g/mol. The minimum Gasteiger partial charge on any atom is -0.389 e. The third-order valence-electron chi connectivity index (χ3n) is 3.07. The predicted octanol–water partition coefficient (Wildman–Crippen LogP) is 2.64. The average Bonchev–Trinajstić information content (AvgIpc) is 2.20. The Morgan fingerprint density at radius 2 is 2.06 bits per heavy atom. The van der Waals surface area contributed by atoms with Crippen molar-refractivity contribution in [2.24, 2.45) is 0 Å². The van der Waals surface area contributed by atoms with Crippen LogP contribution >= 0.6 is 22.6 Å². The van der Waals surface area contributed by atoms with Gasteiger partial charge >= 0.3 is 0 Å². The molecule has 1 atom stereocenters. The van der Waals surface area contributed by atoms with E-state index in [4.69, 9.17) is 0 Å². The number of halogens is 1. The Balaban J connectivity index is 1.97. The maximum Gasteiger partial charge on any atom is 0.0746 e. The first kappa shape index (κ1) is 12.3. The second kappa shape index (κ2) is 5.02. The molecule has 0 amide bonds. The van der Waals surface area contributed by atoms with Gasteiger partial charge in [0.2, 0.25) is 0 Å². The van der Waals surface area contributed by atoms with Crippen molar-refractivity contribution in [2.75, 3.05) is 13.1 Å². The molecule has 0 saturated carbocycles. The SMILES string of the molecule is CC1(O)CCCN(Cc2ccc(I)cc2)C1. The van der Waals surface area contributed by atoms with E-state index in [-0.39, 0.29) is 0 Å². The van der Waals surface area contributed by atoms with Crippen molar-refractivity contribution in [1.29, 1.82) is 0 Å². The number of likely N-dealkylation sites (tertiary alicyclic amines) is 1. The molecular formula is C13H18INO. The Labute approximate surface area is 111 Å². The van der Waals surface area contributed by atoms with Crippen LogP contribution in [0.15, 0.2) is 24.3 Å². The Morgan fingerprint density at radius 1 is 1.38 bits per heavy atom. The molecule has 16 heavy (non-hydrogen) atoms. The van der Waals surface area contributed by atoms with E-state index in [1.54, 1.807) is 0 Å². The van der Waals surface area contributed by atoms with Gasteiger partial charge in [-0.1, -0.05) is 12.1 Å². The molecule has 0 bridgehead atoms. The average molecular weight is 331 g/mol. The maximum atomic E-state index is 10.0. The van der Waals surface area contributed by atoms with Crippen LogP contribution in [0.3, 0.4) is 0 Å². The molecule has 1 saturated heterocycles. The van der Waals surface area contributed by atoms with E-state index in [0.29, 0.717) is 0 Å². The van der Waals surface area contributed by atoms with E-state index < -0.39 is 5.60 Å². The van der Waals surface area contributed by atoms with Gasteiger partial charge in [-0.05, 0) is 66.6 Å². The molecule has 1 aliphatic rings. The lowest BCUT2D eigenvalue weighted by Crippen LogP contribution is -2.45. The first-order chi connectivity index (χ1) is 7.55. The number of nitrogens with zero attached hydrogens (tertiary/aromatic N) is 1. The summed E-state index contributed by atoms with van der Waals surface area (Å²) in [4.78, 5) is 2.34. The lowest BCUT2D eigenvalue weighted by atomic mass is 9.95. The number of piperidine rings is 1. The highest BCUT2D eigenvalue weighted by atomic mass is 127. The number of aliphatic hydroxyl groups is 1. The summed E-state index contributed by atoms with van der Waals surface area (Å²) in [7, 11) is 0. The van der Waals surface area contributed by atoms with Crippen molar-refractivity contribution in [3.8, 4) is 0 Å². The van der Waals surface area contributed by atoms with Gasteiger partial charge in [-0.25, -0.2) is 0 Å². The second-order valence-corrected chi connectivity index (χ2v) is 6.18. The van der Waals surface area contributed by atoms with Gasteiger partial charge < -0.3 is 5.11 Å². The van der Waals surface area contributed by atoms with Crippen LogP contribution in [0, 0.1) is 3.57 Å². The van der Waals surface area contributed by atoms with Crippen molar-refractivity contribution < 1.29 is 5.11 Å². The Morgan fingerprint density at radius 3 is 2.69 bits per heavy atom. The van der Waals surface area contributed by atoms with Gasteiger partial charge in [0.1, 0.15) is 0 Å². The van der Waals surface area contributed by atoms with Gasteiger partial charge in [0.25, 0.3) is 0 Å². The zero-order valence-electron chi connectivity index (χ0n) is 9.62. The molecule has 1 aromatic rings. The number of hydrogen-bond acceptors (Lipinski definition) is 2. The third kappa shape index (κ3) is 3.43. The van der Waals surface area contributed by atoms with Crippen LogP contribution in [0.1, 0.15) is 25.3 Å². The minimum absolute atomic E-state index is 0.499.